The van der Waals surface area contributed by atoms with E-state index in [-0.39, 0.29) is 5.56 Å². The maximum absolute atomic E-state index is 12.5. The second-order valence-electron chi connectivity index (χ2n) is 5.00. The van der Waals surface area contributed by atoms with Gasteiger partial charge in [0.15, 0.2) is 0 Å². The number of aromatic amines is 1. The predicted molar refractivity (Wildman–Crippen MR) is 80.8 cm³/mol. The Morgan fingerprint density at radius 1 is 1.14 bits per heavy atom. The van der Waals surface area contributed by atoms with Crippen LogP contribution in [0.4, 0.5) is 0 Å². The highest BCUT2D eigenvalue weighted by Gasteiger charge is 2.19. The topological polar surface area (TPSA) is 63.6 Å². The van der Waals surface area contributed by atoms with Gasteiger partial charge in [-0.3, -0.25) is 9.78 Å². The summed E-state index contributed by atoms with van der Waals surface area (Å²) in [4.78, 5) is 19.9. The number of nitrogens with zero attached hydrogens (tertiary/aromatic N) is 3. The molecule has 0 atom stereocenters. The van der Waals surface area contributed by atoms with Crippen LogP contribution in [0.15, 0.2) is 53.6 Å². The van der Waals surface area contributed by atoms with Crippen LogP contribution in [-0.4, -0.2) is 19.7 Å². The van der Waals surface area contributed by atoms with Crippen LogP contribution in [0, 0.1) is 6.92 Å². The van der Waals surface area contributed by atoms with Crippen molar-refractivity contribution in [3.8, 4) is 16.9 Å². The smallest absolute Gasteiger partial charge is 0.282 e. The molecule has 4 rings (SSSR count). The molecule has 0 bridgehead atoms. The first-order valence-electron chi connectivity index (χ1n) is 6.66. The molecule has 2 aromatic rings. The summed E-state index contributed by atoms with van der Waals surface area (Å²) in [6.45, 7) is 2.01. The van der Waals surface area contributed by atoms with E-state index in [2.05, 4.69) is 15.1 Å². The number of aromatic nitrogens is 4. The quantitative estimate of drug-likeness (QED) is 0.581. The lowest BCUT2D eigenvalue weighted by atomic mass is 10.2. The zero-order chi connectivity index (χ0) is 14.4. The number of hydrogen-bond acceptors (Lipinski definition) is 3. The molecular formula is C16H12N4O. The lowest BCUT2D eigenvalue weighted by Gasteiger charge is -2.00. The van der Waals surface area contributed by atoms with Crippen LogP contribution in [0.1, 0.15) is 5.56 Å². The summed E-state index contributed by atoms with van der Waals surface area (Å²) < 4.78 is 1.42. The van der Waals surface area contributed by atoms with Gasteiger partial charge in [-0.05, 0) is 31.2 Å². The Morgan fingerprint density at radius 3 is 2.76 bits per heavy atom. The first kappa shape index (κ1) is 11.8. The van der Waals surface area contributed by atoms with Gasteiger partial charge in [0.25, 0.3) is 5.56 Å². The molecule has 2 aliphatic heterocycles. The van der Waals surface area contributed by atoms with Crippen molar-refractivity contribution in [2.75, 3.05) is 0 Å². The summed E-state index contributed by atoms with van der Waals surface area (Å²) in [6, 6.07) is 11.5. The molecule has 0 fully saturated rings. The molecule has 21 heavy (non-hydrogen) atoms. The molecule has 0 saturated heterocycles. The molecule has 1 aromatic carbocycles. The Balaban J connectivity index is 2.05. The highest BCUT2D eigenvalue weighted by atomic mass is 16.1. The highest BCUT2D eigenvalue weighted by Crippen LogP contribution is 2.23. The molecule has 0 unspecified atom stereocenters. The summed E-state index contributed by atoms with van der Waals surface area (Å²) in [5.41, 5.74) is 4.49. The maximum atomic E-state index is 12.5. The average Bonchev–Trinajstić information content (AvgIpc) is 2.86. The minimum atomic E-state index is -0.141. The number of aryl methyl sites for hydroxylation is 1. The molecule has 3 heterocycles. The fourth-order valence-corrected chi connectivity index (χ4v) is 2.44. The van der Waals surface area contributed by atoms with E-state index < -0.39 is 0 Å². The van der Waals surface area contributed by atoms with E-state index in [9.17, 15) is 4.79 Å². The van der Waals surface area contributed by atoms with E-state index in [0.717, 1.165) is 16.8 Å². The number of rotatable bonds is 1. The van der Waals surface area contributed by atoms with E-state index in [1.807, 2.05) is 43.3 Å². The third kappa shape index (κ3) is 1.74. The molecule has 0 aliphatic carbocycles. The van der Waals surface area contributed by atoms with Crippen molar-refractivity contribution in [2.45, 2.75) is 6.92 Å². The molecule has 0 amide bonds. The van der Waals surface area contributed by atoms with Crippen molar-refractivity contribution in [1.29, 1.82) is 0 Å². The Hall–Kier alpha value is -2.95. The minimum absolute atomic E-state index is 0.141. The van der Waals surface area contributed by atoms with Crippen molar-refractivity contribution < 1.29 is 0 Å². The molecule has 5 heteroatoms. The first-order chi connectivity index (χ1) is 10.2. The van der Waals surface area contributed by atoms with E-state index in [1.165, 1.54) is 4.68 Å². The Labute approximate surface area is 120 Å². The monoisotopic (exact) mass is 276 g/mol. The van der Waals surface area contributed by atoms with Gasteiger partial charge in [0.2, 0.25) is 0 Å². The number of H-pyrrole nitrogens is 1. The summed E-state index contributed by atoms with van der Waals surface area (Å²) in [5, 5.41) is 4.46. The molecule has 0 spiro atoms. The Morgan fingerprint density at radius 2 is 1.95 bits per heavy atom. The summed E-state index contributed by atoms with van der Waals surface area (Å²) >= 11 is 0. The summed E-state index contributed by atoms with van der Waals surface area (Å²) in [6.07, 6.45) is 3.39. The molecule has 5 nitrogen and oxygen atoms in total. The average molecular weight is 276 g/mol. The normalized spacial score (nSPS) is 11.3. The fourth-order valence-electron chi connectivity index (χ4n) is 2.44. The van der Waals surface area contributed by atoms with Crippen molar-refractivity contribution in [2.24, 2.45) is 0 Å². The zero-order valence-corrected chi connectivity index (χ0v) is 11.4. The van der Waals surface area contributed by atoms with Crippen LogP contribution in [0.2, 0.25) is 0 Å². The van der Waals surface area contributed by atoms with Crippen molar-refractivity contribution in [3.05, 3.63) is 64.7 Å². The summed E-state index contributed by atoms with van der Waals surface area (Å²) in [7, 11) is 0. The van der Waals surface area contributed by atoms with Crippen LogP contribution in [0.3, 0.4) is 0 Å². The van der Waals surface area contributed by atoms with E-state index >= 15 is 0 Å². The lowest BCUT2D eigenvalue weighted by molar-refractivity contribution is 0.858. The Bertz CT molecular complexity index is 966. The van der Waals surface area contributed by atoms with Crippen LogP contribution in [0.25, 0.3) is 28.0 Å². The van der Waals surface area contributed by atoms with Gasteiger partial charge in [0.05, 0.1) is 16.8 Å². The molecule has 2 aliphatic rings. The predicted octanol–water partition coefficient (Wildman–Crippen LogP) is 2.52. The third-order valence-corrected chi connectivity index (χ3v) is 3.56. The van der Waals surface area contributed by atoms with Crippen LogP contribution < -0.4 is 5.56 Å². The van der Waals surface area contributed by atoms with Gasteiger partial charge in [0, 0.05) is 12.4 Å². The zero-order valence-electron chi connectivity index (χ0n) is 11.4. The lowest BCUT2D eigenvalue weighted by Crippen LogP contribution is -2.14. The van der Waals surface area contributed by atoms with Gasteiger partial charge in [-0.1, -0.05) is 17.7 Å². The number of pyridine rings is 2. The maximum Gasteiger partial charge on any atom is 0.282 e. The third-order valence-electron chi connectivity index (χ3n) is 3.56. The SMILES string of the molecule is Cc1ccc(-n2nc3c4ncccc4[nH]cc-3c2=O)cc1. The minimum Gasteiger partial charge on any atom is -0.359 e. The number of fused-ring (bicyclic) bond motifs is 3. The fraction of sp³-hybridized carbons (Fsp3) is 0.0625. The van der Waals surface area contributed by atoms with Crippen molar-refractivity contribution in [3.63, 3.8) is 0 Å². The van der Waals surface area contributed by atoms with E-state index in [4.69, 9.17) is 0 Å². The molecule has 0 saturated carbocycles. The largest absolute Gasteiger partial charge is 0.359 e. The van der Waals surface area contributed by atoms with Gasteiger partial charge in [-0.2, -0.15) is 9.78 Å². The summed E-state index contributed by atoms with van der Waals surface area (Å²) in [5.74, 6) is 0. The molecule has 102 valence electrons. The first-order valence-corrected chi connectivity index (χ1v) is 6.66. The molecule has 1 aromatic heterocycles. The number of hydrogen-bond donors (Lipinski definition) is 1. The second-order valence-corrected chi connectivity index (χ2v) is 5.00. The molecule has 0 radical (unpaired) electrons. The second kappa shape index (κ2) is 4.28. The van der Waals surface area contributed by atoms with Crippen LogP contribution >= 0.6 is 0 Å². The standard InChI is InChI=1S/C16H12N4O/c1-10-4-6-11(7-5-10)20-16(21)12-9-18-13-3-2-8-17-15(13)14(12)19-20/h2-9,18H,1H3. The van der Waals surface area contributed by atoms with Gasteiger partial charge in [-0.15, -0.1) is 0 Å². The highest BCUT2D eigenvalue weighted by molar-refractivity contribution is 5.89. The van der Waals surface area contributed by atoms with Gasteiger partial charge >= 0.3 is 0 Å². The molecule has 1 N–H and O–H groups in total. The van der Waals surface area contributed by atoms with Gasteiger partial charge in [0.1, 0.15) is 11.2 Å². The van der Waals surface area contributed by atoms with Crippen molar-refractivity contribution in [1.82, 2.24) is 19.7 Å². The Kier molecular flexibility index (Phi) is 2.41. The van der Waals surface area contributed by atoms with E-state index in [1.54, 1.807) is 12.4 Å². The number of benzene rings is 1. The molecular weight excluding hydrogens is 264 g/mol. The van der Waals surface area contributed by atoms with Crippen LogP contribution in [0.5, 0.6) is 0 Å². The van der Waals surface area contributed by atoms with Crippen molar-refractivity contribution >= 4 is 11.0 Å². The number of nitrogens with one attached hydrogen (secondary N) is 1. The van der Waals surface area contributed by atoms with Gasteiger partial charge < -0.3 is 4.98 Å². The van der Waals surface area contributed by atoms with Crippen LogP contribution in [-0.2, 0) is 0 Å². The van der Waals surface area contributed by atoms with Gasteiger partial charge in [-0.25, -0.2) is 0 Å². The van der Waals surface area contributed by atoms with E-state index in [0.29, 0.717) is 16.8 Å².